The first kappa shape index (κ1) is 16.4. The van der Waals surface area contributed by atoms with E-state index in [1.807, 2.05) is 6.07 Å². The maximum atomic E-state index is 11.0. The summed E-state index contributed by atoms with van der Waals surface area (Å²) in [7, 11) is 0. The molecule has 0 N–H and O–H groups in total. The third-order valence-corrected chi connectivity index (χ3v) is 4.30. The summed E-state index contributed by atoms with van der Waals surface area (Å²) in [5.41, 5.74) is 1.10. The molecule has 2 rings (SSSR count). The Morgan fingerprint density at radius 3 is 3.05 bits per heavy atom. The molecule has 0 bridgehead atoms. The maximum absolute atomic E-state index is 11.0. The standard InChI is InChI=1S/C15H21BrN2O3/c1-2-8-21-13-4-3-7-17(11-13)10-12-5-6-14(16)15(9-12)18(19)20/h5-6,9,13H,2-4,7-8,10-11H2,1H3. The number of nitro groups is 1. The third kappa shape index (κ3) is 4.76. The van der Waals surface area contributed by atoms with Crippen molar-refractivity contribution in [3.8, 4) is 0 Å². The maximum Gasteiger partial charge on any atom is 0.283 e. The van der Waals surface area contributed by atoms with Crippen LogP contribution < -0.4 is 0 Å². The van der Waals surface area contributed by atoms with Crippen molar-refractivity contribution in [1.29, 1.82) is 0 Å². The van der Waals surface area contributed by atoms with E-state index in [0.717, 1.165) is 51.1 Å². The van der Waals surface area contributed by atoms with Crippen LogP contribution >= 0.6 is 15.9 Å². The minimum absolute atomic E-state index is 0.128. The molecule has 5 nitrogen and oxygen atoms in total. The number of nitrogens with zero attached hydrogens (tertiary/aromatic N) is 2. The Balaban J connectivity index is 1.97. The zero-order chi connectivity index (χ0) is 15.2. The number of piperidine rings is 1. The molecule has 1 atom stereocenters. The van der Waals surface area contributed by atoms with Crippen LogP contribution in [0.25, 0.3) is 0 Å². The lowest BCUT2D eigenvalue weighted by Crippen LogP contribution is -2.39. The fourth-order valence-electron chi connectivity index (χ4n) is 2.63. The number of halogens is 1. The van der Waals surface area contributed by atoms with Crippen molar-refractivity contribution in [3.05, 3.63) is 38.3 Å². The minimum Gasteiger partial charge on any atom is -0.377 e. The van der Waals surface area contributed by atoms with E-state index in [9.17, 15) is 10.1 Å². The highest BCUT2D eigenvalue weighted by Gasteiger charge is 2.21. The van der Waals surface area contributed by atoms with Crippen LogP contribution in [0.3, 0.4) is 0 Å². The van der Waals surface area contributed by atoms with Gasteiger partial charge >= 0.3 is 0 Å². The highest BCUT2D eigenvalue weighted by molar-refractivity contribution is 9.10. The molecule has 0 aliphatic carbocycles. The molecule has 0 aromatic heterocycles. The van der Waals surface area contributed by atoms with Crippen LogP contribution in [-0.2, 0) is 11.3 Å². The molecule has 116 valence electrons. The predicted molar refractivity (Wildman–Crippen MR) is 85.3 cm³/mol. The summed E-state index contributed by atoms with van der Waals surface area (Å²) >= 11 is 3.22. The number of hydrogen-bond acceptors (Lipinski definition) is 4. The van der Waals surface area contributed by atoms with E-state index < -0.39 is 0 Å². The molecule has 1 saturated heterocycles. The molecule has 1 aliphatic heterocycles. The molecule has 1 aliphatic rings. The Morgan fingerprint density at radius 2 is 2.33 bits per heavy atom. The van der Waals surface area contributed by atoms with E-state index in [-0.39, 0.29) is 10.6 Å². The van der Waals surface area contributed by atoms with E-state index in [1.165, 1.54) is 0 Å². The van der Waals surface area contributed by atoms with E-state index in [2.05, 4.69) is 27.8 Å². The first-order valence-corrected chi connectivity index (χ1v) is 8.16. The van der Waals surface area contributed by atoms with Gasteiger partial charge in [0.05, 0.1) is 15.5 Å². The lowest BCUT2D eigenvalue weighted by molar-refractivity contribution is -0.385. The van der Waals surface area contributed by atoms with Gasteiger partial charge in [-0.1, -0.05) is 13.0 Å². The van der Waals surface area contributed by atoms with Crippen molar-refractivity contribution < 1.29 is 9.66 Å². The monoisotopic (exact) mass is 356 g/mol. The summed E-state index contributed by atoms with van der Waals surface area (Å²) < 4.78 is 6.35. The fraction of sp³-hybridized carbons (Fsp3) is 0.600. The third-order valence-electron chi connectivity index (χ3n) is 3.63. The van der Waals surface area contributed by atoms with Gasteiger partial charge in [0, 0.05) is 25.8 Å². The lowest BCUT2D eigenvalue weighted by atomic mass is 10.1. The van der Waals surface area contributed by atoms with Gasteiger partial charge in [0.1, 0.15) is 0 Å². The van der Waals surface area contributed by atoms with Crippen molar-refractivity contribution in [2.75, 3.05) is 19.7 Å². The highest BCUT2D eigenvalue weighted by Crippen LogP contribution is 2.26. The number of rotatable bonds is 6. The summed E-state index contributed by atoms with van der Waals surface area (Å²) in [5, 5.41) is 11.0. The Bertz CT molecular complexity index is 496. The van der Waals surface area contributed by atoms with Crippen LogP contribution in [0.5, 0.6) is 0 Å². The van der Waals surface area contributed by atoms with Crippen LogP contribution in [0, 0.1) is 10.1 Å². The quantitative estimate of drug-likeness (QED) is 0.575. The number of benzene rings is 1. The number of ether oxygens (including phenoxy) is 1. The molecule has 0 spiro atoms. The summed E-state index contributed by atoms with van der Waals surface area (Å²) in [6.07, 6.45) is 3.56. The Kier molecular flexibility index (Phi) is 6.14. The molecule has 0 saturated carbocycles. The second-order valence-corrected chi connectivity index (χ2v) is 6.27. The van der Waals surface area contributed by atoms with Gasteiger partial charge in [-0.25, -0.2) is 0 Å². The number of hydrogen-bond donors (Lipinski definition) is 0. The molecule has 0 radical (unpaired) electrons. The zero-order valence-electron chi connectivity index (χ0n) is 12.3. The number of nitro benzene ring substituents is 1. The molecule has 1 aromatic carbocycles. The molecule has 1 fully saturated rings. The van der Waals surface area contributed by atoms with Gasteiger partial charge in [-0.2, -0.15) is 0 Å². The zero-order valence-corrected chi connectivity index (χ0v) is 13.8. The first-order chi connectivity index (χ1) is 10.1. The molecule has 0 amide bonds. The highest BCUT2D eigenvalue weighted by atomic mass is 79.9. The van der Waals surface area contributed by atoms with Crippen molar-refractivity contribution in [3.63, 3.8) is 0 Å². The van der Waals surface area contributed by atoms with Crippen molar-refractivity contribution in [1.82, 2.24) is 4.90 Å². The van der Waals surface area contributed by atoms with Gasteiger partial charge < -0.3 is 4.74 Å². The van der Waals surface area contributed by atoms with Gasteiger partial charge in [-0.3, -0.25) is 15.0 Å². The SMILES string of the molecule is CCCOC1CCCN(Cc2ccc(Br)c([N+](=O)[O-])c2)C1. The normalized spacial score (nSPS) is 19.6. The Morgan fingerprint density at radius 1 is 1.52 bits per heavy atom. The average Bonchev–Trinajstić information content (AvgIpc) is 2.47. The largest absolute Gasteiger partial charge is 0.377 e. The molecule has 1 heterocycles. The predicted octanol–water partition coefficient (Wildman–Crippen LogP) is 3.75. The van der Waals surface area contributed by atoms with Crippen molar-refractivity contribution >= 4 is 21.6 Å². The first-order valence-electron chi connectivity index (χ1n) is 7.37. The molecular weight excluding hydrogens is 336 g/mol. The van der Waals surface area contributed by atoms with Gasteiger partial charge in [0.2, 0.25) is 0 Å². The van der Waals surface area contributed by atoms with Gasteiger partial charge in [-0.05, 0) is 53.4 Å². The molecular formula is C15H21BrN2O3. The number of likely N-dealkylation sites (tertiary alicyclic amines) is 1. The van der Waals surface area contributed by atoms with E-state index in [4.69, 9.17) is 4.74 Å². The second-order valence-electron chi connectivity index (χ2n) is 5.41. The molecule has 6 heteroatoms. The van der Waals surface area contributed by atoms with Crippen LogP contribution in [0.4, 0.5) is 5.69 Å². The molecule has 1 unspecified atom stereocenters. The Labute approximate surface area is 133 Å². The molecule has 21 heavy (non-hydrogen) atoms. The Hall–Kier alpha value is -0.980. The van der Waals surface area contributed by atoms with Crippen molar-refractivity contribution in [2.24, 2.45) is 0 Å². The summed E-state index contributed by atoms with van der Waals surface area (Å²) in [6, 6.07) is 5.34. The van der Waals surface area contributed by atoms with Gasteiger partial charge in [0.15, 0.2) is 0 Å². The minimum atomic E-state index is -0.350. The molecule has 1 aromatic rings. The smallest absolute Gasteiger partial charge is 0.283 e. The van der Waals surface area contributed by atoms with Crippen molar-refractivity contribution in [2.45, 2.75) is 38.8 Å². The average molecular weight is 357 g/mol. The van der Waals surface area contributed by atoms with Crippen LogP contribution in [0.1, 0.15) is 31.7 Å². The van der Waals surface area contributed by atoms with Gasteiger partial charge in [-0.15, -0.1) is 0 Å². The topological polar surface area (TPSA) is 55.6 Å². The van der Waals surface area contributed by atoms with Gasteiger partial charge in [0.25, 0.3) is 5.69 Å². The lowest BCUT2D eigenvalue weighted by Gasteiger charge is -2.32. The second kappa shape index (κ2) is 7.87. The summed E-state index contributed by atoms with van der Waals surface area (Å²) in [6.45, 7) is 5.59. The van der Waals surface area contributed by atoms with Crippen LogP contribution in [-0.4, -0.2) is 35.6 Å². The summed E-state index contributed by atoms with van der Waals surface area (Å²) in [5.74, 6) is 0. The van der Waals surface area contributed by atoms with E-state index >= 15 is 0 Å². The fourth-order valence-corrected chi connectivity index (χ4v) is 3.02. The summed E-state index contributed by atoms with van der Waals surface area (Å²) in [4.78, 5) is 12.9. The van der Waals surface area contributed by atoms with E-state index in [1.54, 1.807) is 12.1 Å². The van der Waals surface area contributed by atoms with E-state index in [0.29, 0.717) is 10.6 Å². The van der Waals surface area contributed by atoms with Crippen LogP contribution in [0.15, 0.2) is 22.7 Å². The van der Waals surface area contributed by atoms with Crippen LogP contribution in [0.2, 0.25) is 0 Å².